The third-order valence-electron chi connectivity index (χ3n) is 3.82. The average Bonchev–Trinajstić information content (AvgIpc) is 2.69. The largest absolute Gasteiger partial charge is 0.323 e. The maximum Gasteiger partial charge on any atom is 0.247 e. The van der Waals surface area contributed by atoms with E-state index in [0.29, 0.717) is 17.9 Å². The Morgan fingerprint density at radius 2 is 1.79 bits per heavy atom. The number of amides is 1. The molecule has 0 saturated carbocycles. The molecule has 3 aromatic rings. The molecule has 148 valence electrons. The molecule has 2 aromatic carbocycles. The van der Waals surface area contributed by atoms with E-state index in [9.17, 15) is 13.2 Å². The number of carbonyl (C=O) groups is 1. The molecule has 0 radical (unpaired) electrons. The van der Waals surface area contributed by atoms with Gasteiger partial charge in [-0.2, -0.15) is 0 Å². The SMILES string of the molecule is C=CC(=O)Nc1ccc(Sc2ccnc(Cc3ccc(S(N)(=O)=O)cc3)n2)cc1. The van der Waals surface area contributed by atoms with Gasteiger partial charge in [-0.05, 0) is 54.1 Å². The van der Waals surface area contributed by atoms with Crippen molar-refractivity contribution >= 4 is 33.4 Å². The van der Waals surface area contributed by atoms with E-state index in [-0.39, 0.29) is 10.8 Å². The normalized spacial score (nSPS) is 11.1. The van der Waals surface area contributed by atoms with Crippen LogP contribution < -0.4 is 10.5 Å². The molecule has 0 fully saturated rings. The molecule has 0 aliphatic heterocycles. The summed E-state index contributed by atoms with van der Waals surface area (Å²) in [4.78, 5) is 21.2. The number of aromatic nitrogens is 2. The van der Waals surface area contributed by atoms with E-state index in [0.717, 1.165) is 15.5 Å². The molecule has 1 aromatic heterocycles. The highest BCUT2D eigenvalue weighted by Gasteiger charge is 2.08. The Morgan fingerprint density at radius 1 is 1.10 bits per heavy atom. The topological polar surface area (TPSA) is 115 Å². The minimum Gasteiger partial charge on any atom is -0.323 e. The van der Waals surface area contributed by atoms with Gasteiger partial charge in [0.1, 0.15) is 10.9 Å². The summed E-state index contributed by atoms with van der Waals surface area (Å²) in [6.45, 7) is 3.42. The van der Waals surface area contributed by atoms with Crippen molar-refractivity contribution < 1.29 is 13.2 Å². The van der Waals surface area contributed by atoms with Crippen molar-refractivity contribution in [2.45, 2.75) is 21.2 Å². The molecule has 7 nitrogen and oxygen atoms in total. The highest BCUT2D eigenvalue weighted by atomic mass is 32.2. The number of carbonyl (C=O) groups excluding carboxylic acids is 1. The number of hydrogen-bond donors (Lipinski definition) is 2. The van der Waals surface area contributed by atoms with Crippen LogP contribution in [0, 0.1) is 0 Å². The molecule has 0 saturated heterocycles. The van der Waals surface area contributed by atoms with E-state index in [4.69, 9.17) is 5.14 Å². The maximum absolute atomic E-state index is 11.3. The number of nitrogens with one attached hydrogen (secondary N) is 1. The lowest BCUT2D eigenvalue weighted by Crippen LogP contribution is -2.11. The standard InChI is InChI=1S/C20H18N4O3S2/c1-2-19(25)23-15-5-7-16(8-6-15)28-20-11-12-22-18(24-20)13-14-3-9-17(10-4-14)29(21,26)27/h2-12H,1,13H2,(H,23,25)(H2,21,26,27). The summed E-state index contributed by atoms with van der Waals surface area (Å²) in [5.74, 6) is 0.358. The Morgan fingerprint density at radius 3 is 2.41 bits per heavy atom. The molecule has 3 N–H and O–H groups in total. The minimum absolute atomic E-state index is 0.0687. The second-order valence-corrected chi connectivity index (χ2v) is 8.65. The lowest BCUT2D eigenvalue weighted by Gasteiger charge is -2.06. The quantitative estimate of drug-likeness (QED) is 0.443. The molecular formula is C20H18N4O3S2. The fraction of sp³-hybridized carbons (Fsp3) is 0.0500. The Labute approximate surface area is 173 Å². The van der Waals surface area contributed by atoms with Crippen molar-refractivity contribution in [3.8, 4) is 0 Å². The van der Waals surface area contributed by atoms with E-state index in [1.165, 1.54) is 30.0 Å². The van der Waals surface area contributed by atoms with Gasteiger partial charge in [0.05, 0.1) is 4.90 Å². The average molecular weight is 427 g/mol. The smallest absolute Gasteiger partial charge is 0.247 e. The summed E-state index contributed by atoms with van der Waals surface area (Å²) >= 11 is 1.47. The summed E-state index contributed by atoms with van der Waals surface area (Å²) in [6, 6.07) is 15.5. The molecule has 9 heteroatoms. The molecule has 3 rings (SSSR count). The first-order chi connectivity index (χ1) is 13.8. The lowest BCUT2D eigenvalue weighted by molar-refractivity contribution is -0.111. The number of nitrogens with two attached hydrogens (primary N) is 1. The van der Waals surface area contributed by atoms with E-state index < -0.39 is 10.0 Å². The van der Waals surface area contributed by atoms with Gasteiger partial charge < -0.3 is 5.32 Å². The van der Waals surface area contributed by atoms with Gasteiger partial charge in [0.25, 0.3) is 0 Å². The van der Waals surface area contributed by atoms with Crippen LogP contribution >= 0.6 is 11.8 Å². The number of nitrogens with zero attached hydrogens (tertiary/aromatic N) is 2. The van der Waals surface area contributed by atoms with E-state index in [1.807, 2.05) is 18.2 Å². The van der Waals surface area contributed by atoms with E-state index in [1.54, 1.807) is 30.5 Å². The lowest BCUT2D eigenvalue weighted by atomic mass is 10.1. The van der Waals surface area contributed by atoms with Crippen molar-refractivity contribution in [2.24, 2.45) is 5.14 Å². The fourth-order valence-corrected chi connectivity index (χ4v) is 3.73. The predicted molar refractivity (Wildman–Crippen MR) is 112 cm³/mol. The van der Waals surface area contributed by atoms with Crippen LogP contribution in [0.4, 0.5) is 5.69 Å². The van der Waals surface area contributed by atoms with Crippen molar-refractivity contribution in [1.82, 2.24) is 9.97 Å². The maximum atomic E-state index is 11.3. The summed E-state index contributed by atoms with van der Waals surface area (Å²) in [7, 11) is -3.71. The zero-order valence-electron chi connectivity index (χ0n) is 15.3. The van der Waals surface area contributed by atoms with Gasteiger partial charge in [-0.15, -0.1) is 0 Å². The molecule has 0 aliphatic rings. The van der Waals surface area contributed by atoms with Crippen LogP contribution in [0.1, 0.15) is 11.4 Å². The van der Waals surface area contributed by atoms with Crippen LogP contribution in [0.5, 0.6) is 0 Å². The molecule has 0 unspecified atom stereocenters. The molecule has 29 heavy (non-hydrogen) atoms. The minimum atomic E-state index is -3.71. The molecule has 0 aliphatic carbocycles. The summed E-state index contributed by atoms with van der Waals surface area (Å²) in [5.41, 5.74) is 1.56. The zero-order chi connectivity index (χ0) is 20.9. The second-order valence-electron chi connectivity index (χ2n) is 6.00. The fourth-order valence-electron chi connectivity index (χ4n) is 2.42. The van der Waals surface area contributed by atoms with Crippen LogP contribution in [0.3, 0.4) is 0 Å². The van der Waals surface area contributed by atoms with Crippen LogP contribution in [0.25, 0.3) is 0 Å². The Balaban J connectivity index is 1.68. The van der Waals surface area contributed by atoms with E-state index in [2.05, 4.69) is 21.9 Å². The molecule has 0 spiro atoms. The molecule has 1 amide bonds. The molecular weight excluding hydrogens is 408 g/mol. The van der Waals surface area contributed by atoms with Gasteiger partial charge in [0, 0.05) is 23.2 Å². The predicted octanol–water partition coefficient (Wildman–Crippen LogP) is 2.99. The van der Waals surface area contributed by atoms with Gasteiger partial charge in [-0.1, -0.05) is 30.5 Å². The summed E-state index contributed by atoms with van der Waals surface area (Å²) < 4.78 is 22.7. The Hall–Kier alpha value is -3.01. The van der Waals surface area contributed by atoms with Gasteiger partial charge in [0.2, 0.25) is 15.9 Å². The number of sulfonamides is 1. The second kappa shape index (κ2) is 8.99. The van der Waals surface area contributed by atoms with Gasteiger partial charge in [0.15, 0.2) is 0 Å². The van der Waals surface area contributed by atoms with E-state index >= 15 is 0 Å². The molecule has 0 bridgehead atoms. The van der Waals surface area contributed by atoms with Crippen LogP contribution in [-0.4, -0.2) is 24.3 Å². The number of anilines is 1. The third kappa shape index (κ3) is 5.98. The molecule has 1 heterocycles. The monoisotopic (exact) mass is 426 g/mol. The van der Waals surface area contributed by atoms with Gasteiger partial charge in [-0.25, -0.2) is 23.5 Å². The van der Waals surface area contributed by atoms with Gasteiger partial charge in [-0.3, -0.25) is 4.79 Å². The Kier molecular flexibility index (Phi) is 6.42. The van der Waals surface area contributed by atoms with Crippen LogP contribution in [0.15, 0.2) is 88.3 Å². The Bertz CT molecular complexity index is 1130. The highest BCUT2D eigenvalue weighted by molar-refractivity contribution is 7.99. The number of primary sulfonamides is 1. The van der Waals surface area contributed by atoms with Crippen molar-refractivity contribution in [3.63, 3.8) is 0 Å². The van der Waals surface area contributed by atoms with Crippen molar-refractivity contribution in [2.75, 3.05) is 5.32 Å². The van der Waals surface area contributed by atoms with Crippen molar-refractivity contribution in [1.29, 1.82) is 0 Å². The first kappa shape index (κ1) is 20.7. The number of benzene rings is 2. The summed E-state index contributed by atoms with van der Waals surface area (Å²) in [6.07, 6.45) is 3.36. The highest BCUT2D eigenvalue weighted by Crippen LogP contribution is 2.27. The third-order valence-corrected chi connectivity index (χ3v) is 5.70. The number of hydrogen-bond acceptors (Lipinski definition) is 6. The zero-order valence-corrected chi connectivity index (χ0v) is 16.9. The first-order valence-corrected chi connectivity index (χ1v) is 10.8. The summed E-state index contributed by atoms with van der Waals surface area (Å²) in [5, 5.41) is 8.58. The molecule has 0 atom stereocenters. The van der Waals surface area contributed by atoms with Gasteiger partial charge >= 0.3 is 0 Å². The first-order valence-electron chi connectivity index (χ1n) is 8.48. The van der Waals surface area contributed by atoms with Crippen molar-refractivity contribution in [3.05, 3.63) is 84.8 Å². The number of rotatable bonds is 7. The van der Waals surface area contributed by atoms with Crippen LogP contribution in [-0.2, 0) is 21.2 Å². The van der Waals surface area contributed by atoms with Crippen LogP contribution in [0.2, 0.25) is 0 Å².